The van der Waals surface area contributed by atoms with E-state index in [1.165, 1.54) is 18.2 Å². The van der Waals surface area contributed by atoms with Gasteiger partial charge in [0, 0.05) is 6.20 Å². The molecule has 0 heterocycles. The van der Waals surface area contributed by atoms with Crippen LogP contribution in [0.4, 0.5) is 0 Å². The zero-order chi connectivity index (χ0) is 12.8. The molecule has 0 spiro atoms. The number of nitrogens with zero attached hydrogens (tertiary/aromatic N) is 1. The first-order chi connectivity index (χ1) is 8.06. The number of rotatable bonds is 5. The van der Waals surface area contributed by atoms with Crippen LogP contribution >= 0.6 is 0 Å². The second kappa shape index (κ2) is 6.03. The predicted octanol–water partition coefficient (Wildman–Crippen LogP) is 1.82. The van der Waals surface area contributed by atoms with Crippen LogP contribution in [0.3, 0.4) is 0 Å². The fourth-order valence-corrected chi connectivity index (χ4v) is 1.64. The summed E-state index contributed by atoms with van der Waals surface area (Å²) in [5, 5.41) is 20.2. The van der Waals surface area contributed by atoms with E-state index in [9.17, 15) is 10.1 Å². The Kier molecular flexibility index (Phi) is 4.68. The molecule has 0 aromatic carbocycles. The van der Waals surface area contributed by atoms with Crippen molar-refractivity contribution < 1.29 is 9.66 Å². The van der Waals surface area contributed by atoms with Gasteiger partial charge in [-0.1, -0.05) is 5.41 Å². The smallest absolute Gasteiger partial charge is 0.357 e. The maximum Gasteiger partial charge on any atom is 0.357 e. The van der Waals surface area contributed by atoms with Gasteiger partial charge >= 0.3 is 5.84 Å². The number of allylic oxidation sites excluding steroid dienone is 1. The maximum atomic E-state index is 10.2. The molecule has 0 aromatic rings. The number of hydrogen-bond donors (Lipinski definition) is 2. The lowest BCUT2D eigenvalue weighted by Crippen LogP contribution is -2.26. The molecule has 1 rings (SSSR count). The minimum absolute atomic E-state index is 0.0360. The van der Waals surface area contributed by atoms with Crippen LogP contribution < -0.4 is 5.32 Å². The highest BCUT2D eigenvalue weighted by Gasteiger charge is 2.19. The standard InChI is InChI=1S/C11H17N3O3/c1-8(11(17-2)9-4-3-5-9)13-7-6-10(12)14(15)16/h6-8,12-13H,3-5H2,1-2H3/b7-6-,12-10?. The summed E-state index contributed by atoms with van der Waals surface area (Å²) < 4.78 is 5.32. The van der Waals surface area contributed by atoms with Gasteiger partial charge in [-0.05, 0) is 36.7 Å². The van der Waals surface area contributed by atoms with Gasteiger partial charge in [0.05, 0.1) is 19.2 Å². The monoisotopic (exact) mass is 239 g/mol. The number of nitro groups is 1. The number of ether oxygens (including phenoxy) is 1. The third-order valence-electron chi connectivity index (χ3n) is 2.70. The Morgan fingerprint density at radius 3 is 2.71 bits per heavy atom. The summed E-state index contributed by atoms with van der Waals surface area (Å²) in [6, 6.07) is -0.0360. The number of amidine groups is 1. The SMILES string of the molecule is COC(=C1CCC1)C(C)N/C=C\C(=N)[N+](=O)[O-]. The van der Waals surface area contributed by atoms with E-state index in [1.807, 2.05) is 6.92 Å². The lowest BCUT2D eigenvalue weighted by atomic mass is 9.89. The molecule has 1 aliphatic carbocycles. The Hall–Kier alpha value is -1.85. The van der Waals surface area contributed by atoms with Gasteiger partial charge in [0.1, 0.15) is 5.76 Å². The molecule has 6 nitrogen and oxygen atoms in total. The summed E-state index contributed by atoms with van der Waals surface area (Å²) in [5.41, 5.74) is 1.30. The van der Waals surface area contributed by atoms with Gasteiger partial charge < -0.3 is 20.2 Å². The Labute approximate surface area is 100 Å². The average Bonchev–Trinajstić information content (AvgIpc) is 2.22. The quantitative estimate of drug-likeness (QED) is 0.252. The topological polar surface area (TPSA) is 88.2 Å². The number of nitrogens with one attached hydrogen (secondary N) is 2. The highest BCUT2D eigenvalue weighted by molar-refractivity contribution is 5.82. The first-order valence-corrected chi connectivity index (χ1v) is 5.47. The number of hydrogen-bond acceptors (Lipinski definition) is 5. The molecule has 0 amide bonds. The predicted molar refractivity (Wildman–Crippen MR) is 64.3 cm³/mol. The number of methoxy groups -OCH3 is 1. The molecule has 1 aliphatic rings. The van der Waals surface area contributed by atoms with E-state index >= 15 is 0 Å². The summed E-state index contributed by atoms with van der Waals surface area (Å²) >= 11 is 0. The normalized spacial score (nSPS) is 16.2. The Bertz CT molecular complexity index is 368. The molecule has 0 saturated heterocycles. The molecular weight excluding hydrogens is 222 g/mol. The molecule has 0 aliphatic heterocycles. The molecule has 94 valence electrons. The van der Waals surface area contributed by atoms with E-state index < -0.39 is 10.8 Å². The fourth-order valence-electron chi connectivity index (χ4n) is 1.64. The van der Waals surface area contributed by atoms with Crippen molar-refractivity contribution in [2.24, 2.45) is 0 Å². The van der Waals surface area contributed by atoms with Crippen LogP contribution in [0.25, 0.3) is 0 Å². The molecular formula is C11H17N3O3. The van der Waals surface area contributed by atoms with Crippen molar-refractivity contribution >= 4 is 5.84 Å². The van der Waals surface area contributed by atoms with Crippen LogP contribution in [-0.2, 0) is 4.74 Å². The second-order valence-electron chi connectivity index (χ2n) is 3.89. The van der Waals surface area contributed by atoms with Crippen LogP contribution in [0.1, 0.15) is 26.2 Å². The lowest BCUT2D eigenvalue weighted by Gasteiger charge is -2.25. The zero-order valence-corrected chi connectivity index (χ0v) is 10.0. The third-order valence-corrected chi connectivity index (χ3v) is 2.70. The molecule has 0 radical (unpaired) electrons. The molecule has 0 aromatic heterocycles. The van der Waals surface area contributed by atoms with Gasteiger partial charge in [0.25, 0.3) is 0 Å². The second-order valence-corrected chi connectivity index (χ2v) is 3.89. The first-order valence-electron chi connectivity index (χ1n) is 5.47. The Morgan fingerprint density at radius 1 is 1.65 bits per heavy atom. The van der Waals surface area contributed by atoms with E-state index in [-0.39, 0.29) is 6.04 Å². The van der Waals surface area contributed by atoms with E-state index in [1.54, 1.807) is 7.11 Å². The Balaban J connectivity index is 2.51. The van der Waals surface area contributed by atoms with Gasteiger partial charge in [-0.25, -0.2) is 0 Å². The van der Waals surface area contributed by atoms with Crippen LogP contribution in [0, 0.1) is 15.5 Å². The van der Waals surface area contributed by atoms with E-state index in [4.69, 9.17) is 10.1 Å². The van der Waals surface area contributed by atoms with Crippen molar-refractivity contribution in [3.05, 3.63) is 33.7 Å². The minimum Gasteiger partial charge on any atom is -0.499 e. The molecule has 0 bridgehead atoms. The molecule has 6 heteroatoms. The highest BCUT2D eigenvalue weighted by atomic mass is 16.6. The third kappa shape index (κ3) is 3.58. The summed E-state index contributed by atoms with van der Waals surface area (Å²) in [6.45, 7) is 1.92. The van der Waals surface area contributed by atoms with Crippen molar-refractivity contribution in [2.75, 3.05) is 7.11 Å². The summed E-state index contributed by atoms with van der Waals surface area (Å²) in [4.78, 5) is 9.45. The van der Waals surface area contributed by atoms with Crippen LogP contribution in [0.5, 0.6) is 0 Å². The van der Waals surface area contributed by atoms with Crippen LogP contribution in [0.2, 0.25) is 0 Å². The van der Waals surface area contributed by atoms with Crippen LogP contribution in [-0.4, -0.2) is 23.9 Å². The molecule has 17 heavy (non-hydrogen) atoms. The van der Waals surface area contributed by atoms with E-state index in [2.05, 4.69) is 5.32 Å². The largest absolute Gasteiger partial charge is 0.499 e. The summed E-state index contributed by atoms with van der Waals surface area (Å²) in [6.07, 6.45) is 5.84. The lowest BCUT2D eigenvalue weighted by molar-refractivity contribution is -0.349. The highest BCUT2D eigenvalue weighted by Crippen LogP contribution is 2.30. The van der Waals surface area contributed by atoms with Crippen molar-refractivity contribution in [1.82, 2.24) is 5.32 Å². The summed E-state index contributed by atoms with van der Waals surface area (Å²) in [5.74, 6) is 0.258. The molecule has 1 unspecified atom stereocenters. The summed E-state index contributed by atoms with van der Waals surface area (Å²) in [7, 11) is 1.63. The molecule has 1 fully saturated rings. The van der Waals surface area contributed by atoms with E-state index in [0.717, 1.165) is 24.7 Å². The molecule has 1 saturated carbocycles. The van der Waals surface area contributed by atoms with Gasteiger partial charge in [0.15, 0.2) is 0 Å². The van der Waals surface area contributed by atoms with Crippen molar-refractivity contribution in [3.8, 4) is 0 Å². The molecule has 1 atom stereocenters. The van der Waals surface area contributed by atoms with Crippen molar-refractivity contribution in [2.45, 2.75) is 32.2 Å². The maximum absolute atomic E-state index is 10.2. The van der Waals surface area contributed by atoms with E-state index in [0.29, 0.717) is 0 Å². The van der Waals surface area contributed by atoms with Crippen molar-refractivity contribution in [3.63, 3.8) is 0 Å². The fraction of sp³-hybridized carbons (Fsp3) is 0.545. The van der Waals surface area contributed by atoms with Gasteiger partial charge in [-0.2, -0.15) is 0 Å². The van der Waals surface area contributed by atoms with Gasteiger partial charge in [-0.3, -0.25) is 0 Å². The molecule has 2 N–H and O–H groups in total. The Morgan fingerprint density at radius 2 is 2.29 bits per heavy atom. The zero-order valence-electron chi connectivity index (χ0n) is 10.0. The van der Waals surface area contributed by atoms with Crippen molar-refractivity contribution in [1.29, 1.82) is 5.41 Å². The van der Waals surface area contributed by atoms with Crippen LogP contribution in [0.15, 0.2) is 23.6 Å². The average molecular weight is 239 g/mol. The first kappa shape index (κ1) is 13.2. The van der Waals surface area contributed by atoms with Gasteiger partial charge in [-0.15, -0.1) is 0 Å². The van der Waals surface area contributed by atoms with Gasteiger partial charge in [0.2, 0.25) is 0 Å². The minimum atomic E-state index is -0.746.